The molecule has 0 nitrogen and oxygen atoms in total. The van der Waals surface area contributed by atoms with E-state index in [1.165, 1.54) is 58.2 Å². The SMILES string of the molecule is Cc1cc2c(C)c(C)c1CCc1c(C)c(C)c(c(C)c1C)CC2. The van der Waals surface area contributed by atoms with Crippen LogP contribution in [0.3, 0.4) is 0 Å². The molecule has 4 aliphatic rings. The molecule has 4 bridgehead atoms. The number of hydrogen-bond donors (Lipinski definition) is 0. The highest BCUT2D eigenvalue weighted by Gasteiger charge is 2.18. The maximum Gasteiger partial charge on any atom is -0.0233 e. The number of rotatable bonds is 0. The third-order valence-electron chi connectivity index (χ3n) is 6.57. The van der Waals surface area contributed by atoms with Crippen molar-refractivity contribution in [1.82, 2.24) is 0 Å². The van der Waals surface area contributed by atoms with Crippen LogP contribution in [0, 0.1) is 48.5 Å². The predicted octanol–water partition coefficient (Wildman–Crippen LogP) is 5.73. The van der Waals surface area contributed by atoms with E-state index < -0.39 is 0 Å². The van der Waals surface area contributed by atoms with Crippen molar-refractivity contribution in [3.8, 4) is 0 Å². The van der Waals surface area contributed by atoms with Crippen molar-refractivity contribution >= 4 is 0 Å². The molecule has 122 valence electrons. The van der Waals surface area contributed by atoms with Gasteiger partial charge >= 0.3 is 0 Å². The Labute approximate surface area is 141 Å². The van der Waals surface area contributed by atoms with Gasteiger partial charge in [-0.3, -0.25) is 0 Å². The third kappa shape index (κ3) is 2.53. The molecule has 23 heavy (non-hydrogen) atoms. The van der Waals surface area contributed by atoms with Crippen LogP contribution in [-0.2, 0) is 25.7 Å². The zero-order valence-electron chi connectivity index (χ0n) is 15.9. The smallest absolute Gasteiger partial charge is 0.0233 e. The van der Waals surface area contributed by atoms with Crippen molar-refractivity contribution in [2.24, 2.45) is 0 Å². The molecule has 2 aromatic carbocycles. The first-order chi connectivity index (χ1) is 10.8. The molecule has 6 rings (SSSR count). The lowest BCUT2D eigenvalue weighted by molar-refractivity contribution is 0.860. The summed E-state index contributed by atoms with van der Waals surface area (Å²) in [6, 6.07) is 2.45. The summed E-state index contributed by atoms with van der Waals surface area (Å²) in [5.41, 5.74) is 17.0. The molecule has 0 saturated carbocycles. The molecular weight excluding hydrogens is 276 g/mol. The Morgan fingerprint density at radius 3 is 1.39 bits per heavy atom. The molecule has 0 N–H and O–H groups in total. The van der Waals surface area contributed by atoms with Gasteiger partial charge in [0.2, 0.25) is 0 Å². The van der Waals surface area contributed by atoms with E-state index >= 15 is 0 Å². The van der Waals surface area contributed by atoms with Gasteiger partial charge in [0, 0.05) is 0 Å². The average molecular weight is 306 g/mol. The monoisotopic (exact) mass is 306 g/mol. The molecular formula is C23H30. The summed E-state index contributed by atoms with van der Waals surface area (Å²) in [6.07, 6.45) is 4.66. The normalized spacial score (nSPS) is 14.0. The molecule has 4 aliphatic carbocycles. The molecule has 0 fully saturated rings. The summed E-state index contributed by atoms with van der Waals surface area (Å²) in [7, 11) is 0. The number of hydrogen-bond acceptors (Lipinski definition) is 0. The molecule has 0 spiro atoms. The lowest BCUT2D eigenvalue weighted by atomic mass is 9.81. The van der Waals surface area contributed by atoms with Crippen LogP contribution in [0.15, 0.2) is 6.07 Å². The van der Waals surface area contributed by atoms with E-state index in [1.807, 2.05) is 0 Å². The first-order valence-corrected chi connectivity index (χ1v) is 8.99. The fourth-order valence-corrected chi connectivity index (χ4v) is 4.59. The Morgan fingerprint density at radius 1 is 0.478 bits per heavy atom. The highest BCUT2D eigenvalue weighted by Crippen LogP contribution is 2.32. The topological polar surface area (TPSA) is 0 Å². The molecule has 0 aromatic heterocycles. The van der Waals surface area contributed by atoms with Gasteiger partial charge in [-0.05, 0) is 135 Å². The quantitative estimate of drug-likeness (QED) is 0.583. The van der Waals surface area contributed by atoms with Crippen LogP contribution >= 0.6 is 0 Å². The van der Waals surface area contributed by atoms with Crippen molar-refractivity contribution in [1.29, 1.82) is 0 Å². The lowest BCUT2D eigenvalue weighted by Crippen LogP contribution is -2.11. The summed E-state index contributed by atoms with van der Waals surface area (Å²) in [5, 5.41) is 0. The van der Waals surface area contributed by atoms with E-state index in [2.05, 4.69) is 54.5 Å². The Bertz CT molecular complexity index is 762. The van der Waals surface area contributed by atoms with Gasteiger partial charge in [-0.1, -0.05) is 6.07 Å². The largest absolute Gasteiger partial charge is 0.0555 e. The van der Waals surface area contributed by atoms with E-state index in [4.69, 9.17) is 0 Å². The summed E-state index contributed by atoms with van der Waals surface area (Å²) >= 11 is 0. The van der Waals surface area contributed by atoms with Gasteiger partial charge in [0.05, 0.1) is 0 Å². The average Bonchev–Trinajstić information content (AvgIpc) is 2.51. The van der Waals surface area contributed by atoms with Crippen LogP contribution in [0.4, 0.5) is 0 Å². The van der Waals surface area contributed by atoms with Crippen LogP contribution < -0.4 is 0 Å². The Balaban J connectivity index is 2.24. The molecule has 0 heteroatoms. The minimum absolute atomic E-state index is 1.16. The van der Waals surface area contributed by atoms with Gasteiger partial charge in [-0.25, -0.2) is 0 Å². The molecule has 2 aromatic rings. The van der Waals surface area contributed by atoms with Crippen LogP contribution in [-0.4, -0.2) is 0 Å². The predicted molar refractivity (Wildman–Crippen MR) is 101 cm³/mol. The number of aryl methyl sites for hydroxylation is 2. The molecule has 0 heterocycles. The van der Waals surface area contributed by atoms with Gasteiger partial charge in [0.1, 0.15) is 0 Å². The van der Waals surface area contributed by atoms with Crippen LogP contribution in [0.25, 0.3) is 0 Å². The van der Waals surface area contributed by atoms with Gasteiger partial charge in [-0.15, -0.1) is 0 Å². The van der Waals surface area contributed by atoms with E-state index in [0.717, 1.165) is 6.42 Å². The second-order valence-corrected chi connectivity index (χ2v) is 7.54. The van der Waals surface area contributed by atoms with Crippen molar-refractivity contribution in [2.75, 3.05) is 0 Å². The summed E-state index contributed by atoms with van der Waals surface area (Å²) in [5.74, 6) is 0. The fraction of sp³-hybridized carbons (Fsp3) is 0.478. The van der Waals surface area contributed by atoms with Gasteiger partial charge < -0.3 is 0 Å². The second kappa shape index (κ2) is 5.82. The highest BCUT2D eigenvalue weighted by atomic mass is 14.2. The standard InChI is InChI=1S/C23H30/c1-13-12-20-8-9-22-16(4)18(6)23(19(7)17(22)5)11-10-21(13)15(3)14(20)2/h12H,8-11H2,1-7H3. The molecule has 0 unspecified atom stereocenters. The molecule has 0 amide bonds. The summed E-state index contributed by atoms with van der Waals surface area (Å²) < 4.78 is 0. The Morgan fingerprint density at radius 2 is 0.870 bits per heavy atom. The minimum atomic E-state index is 1.16. The van der Waals surface area contributed by atoms with Gasteiger partial charge in [0.15, 0.2) is 0 Å². The molecule has 0 radical (unpaired) electrons. The maximum atomic E-state index is 2.45. The second-order valence-electron chi connectivity index (χ2n) is 7.54. The van der Waals surface area contributed by atoms with Crippen molar-refractivity contribution in [3.05, 3.63) is 67.3 Å². The molecule has 0 saturated heterocycles. The van der Waals surface area contributed by atoms with E-state index in [-0.39, 0.29) is 0 Å². The lowest BCUT2D eigenvalue weighted by Gasteiger charge is -2.24. The Hall–Kier alpha value is -1.56. The summed E-state index contributed by atoms with van der Waals surface area (Å²) in [6.45, 7) is 16.3. The van der Waals surface area contributed by atoms with Gasteiger partial charge in [-0.2, -0.15) is 0 Å². The van der Waals surface area contributed by atoms with Crippen molar-refractivity contribution < 1.29 is 0 Å². The minimum Gasteiger partial charge on any atom is -0.0555 e. The van der Waals surface area contributed by atoms with Crippen molar-refractivity contribution in [2.45, 2.75) is 74.1 Å². The van der Waals surface area contributed by atoms with E-state index in [9.17, 15) is 0 Å². The highest BCUT2D eigenvalue weighted by molar-refractivity contribution is 5.52. The maximum absolute atomic E-state index is 2.45. The zero-order chi connectivity index (χ0) is 16.9. The third-order valence-corrected chi connectivity index (χ3v) is 6.57. The zero-order valence-corrected chi connectivity index (χ0v) is 15.9. The van der Waals surface area contributed by atoms with Crippen LogP contribution in [0.5, 0.6) is 0 Å². The summed E-state index contributed by atoms with van der Waals surface area (Å²) in [4.78, 5) is 0. The van der Waals surface area contributed by atoms with E-state index in [0.29, 0.717) is 0 Å². The molecule has 0 atom stereocenters. The van der Waals surface area contributed by atoms with E-state index in [1.54, 1.807) is 22.3 Å². The van der Waals surface area contributed by atoms with Crippen molar-refractivity contribution in [3.63, 3.8) is 0 Å². The van der Waals surface area contributed by atoms with Crippen LogP contribution in [0.2, 0.25) is 0 Å². The first kappa shape index (κ1) is 16.3. The Kier molecular flexibility index (Phi) is 4.12. The fourth-order valence-electron chi connectivity index (χ4n) is 4.59. The van der Waals surface area contributed by atoms with Gasteiger partial charge in [0.25, 0.3) is 0 Å². The number of benzene rings is 2. The van der Waals surface area contributed by atoms with Crippen LogP contribution in [0.1, 0.15) is 61.2 Å². The first-order valence-electron chi connectivity index (χ1n) is 8.99. The molecule has 0 aliphatic heterocycles.